The van der Waals surface area contributed by atoms with Gasteiger partial charge in [-0.25, -0.2) is 12.4 Å². The van der Waals surface area contributed by atoms with Crippen LogP contribution in [-0.4, -0.2) is 19.5 Å². The molecule has 0 unspecified atom stereocenters. The third-order valence-electron chi connectivity index (χ3n) is 4.64. The van der Waals surface area contributed by atoms with E-state index in [-0.39, 0.29) is 4.90 Å². The van der Waals surface area contributed by atoms with E-state index < -0.39 is 10.0 Å². The van der Waals surface area contributed by atoms with E-state index in [1.807, 2.05) is 67.6 Å². The van der Waals surface area contributed by atoms with Crippen molar-refractivity contribution in [3.8, 4) is 16.9 Å². The second kappa shape index (κ2) is 6.59. The van der Waals surface area contributed by atoms with Crippen LogP contribution in [0.4, 0.5) is 0 Å². The van der Waals surface area contributed by atoms with Gasteiger partial charge in [-0.3, -0.25) is 0 Å². The van der Waals surface area contributed by atoms with Gasteiger partial charge in [-0.1, -0.05) is 48.0 Å². The highest BCUT2D eigenvalue weighted by molar-refractivity contribution is 7.90. The first-order valence-electron chi connectivity index (χ1n) is 8.57. The Bertz CT molecular complexity index is 1220. The lowest BCUT2D eigenvalue weighted by Crippen LogP contribution is -2.11. The maximum absolute atomic E-state index is 13.3. The molecule has 0 radical (unpaired) electrons. The lowest BCUT2D eigenvalue weighted by atomic mass is 10.0. The van der Waals surface area contributed by atoms with E-state index >= 15 is 0 Å². The molecule has 27 heavy (non-hydrogen) atoms. The number of aryl methyl sites for hydroxylation is 1. The van der Waals surface area contributed by atoms with Crippen molar-refractivity contribution in [3.05, 3.63) is 84.6 Å². The molecule has 1 heterocycles. The first-order chi connectivity index (χ1) is 13.0. The van der Waals surface area contributed by atoms with Crippen molar-refractivity contribution in [1.82, 2.24) is 3.97 Å². The standard InChI is InChI=1S/C22H19NO3S/c1-16-10-12-19(13-11-16)27(24,25)23-15-21(20-8-3-4-9-22(20)23)17-6-5-7-18(14-17)26-2/h3-15H,1-2H3. The number of ether oxygens (including phenoxy) is 1. The van der Waals surface area contributed by atoms with Gasteiger partial charge in [0, 0.05) is 17.1 Å². The van der Waals surface area contributed by atoms with Crippen LogP contribution in [0.2, 0.25) is 0 Å². The lowest BCUT2D eigenvalue weighted by Gasteiger charge is -2.07. The van der Waals surface area contributed by atoms with Gasteiger partial charge >= 0.3 is 0 Å². The molecule has 4 aromatic rings. The number of aromatic nitrogens is 1. The zero-order valence-corrected chi connectivity index (χ0v) is 15.9. The molecule has 0 saturated carbocycles. The topological polar surface area (TPSA) is 48.3 Å². The first kappa shape index (κ1) is 17.4. The molecule has 0 N–H and O–H groups in total. The van der Waals surface area contributed by atoms with Gasteiger partial charge in [0.1, 0.15) is 5.75 Å². The number of fused-ring (bicyclic) bond motifs is 1. The van der Waals surface area contributed by atoms with E-state index in [4.69, 9.17) is 4.74 Å². The third-order valence-corrected chi connectivity index (χ3v) is 6.32. The normalized spacial score (nSPS) is 11.6. The summed E-state index contributed by atoms with van der Waals surface area (Å²) in [6.07, 6.45) is 1.69. The number of benzene rings is 3. The Morgan fingerprint density at radius 3 is 2.37 bits per heavy atom. The zero-order valence-electron chi connectivity index (χ0n) is 15.1. The molecule has 0 amide bonds. The zero-order chi connectivity index (χ0) is 19.0. The Labute approximate surface area is 158 Å². The minimum absolute atomic E-state index is 0.269. The van der Waals surface area contributed by atoms with E-state index in [0.717, 1.165) is 27.8 Å². The molecule has 0 aliphatic heterocycles. The Morgan fingerprint density at radius 2 is 1.63 bits per heavy atom. The summed E-state index contributed by atoms with van der Waals surface area (Å²) in [6, 6.07) is 22.0. The number of methoxy groups -OCH3 is 1. The van der Waals surface area contributed by atoms with E-state index in [0.29, 0.717) is 5.52 Å². The van der Waals surface area contributed by atoms with Crippen LogP contribution in [0.1, 0.15) is 5.56 Å². The molecule has 0 aliphatic rings. The quantitative estimate of drug-likeness (QED) is 0.510. The van der Waals surface area contributed by atoms with Gasteiger partial charge in [0.2, 0.25) is 0 Å². The minimum atomic E-state index is -3.70. The molecule has 1 aromatic heterocycles. The fraction of sp³-hybridized carbons (Fsp3) is 0.0909. The van der Waals surface area contributed by atoms with Crippen LogP contribution in [0.15, 0.2) is 83.9 Å². The van der Waals surface area contributed by atoms with Crippen LogP contribution in [0.25, 0.3) is 22.0 Å². The third kappa shape index (κ3) is 3.00. The molecular formula is C22H19NO3S. The summed E-state index contributed by atoms with van der Waals surface area (Å²) in [5.74, 6) is 0.728. The second-order valence-electron chi connectivity index (χ2n) is 6.41. The van der Waals surface area contributed by atoms with Crippen molar-refractivity contribution in [2.24, 2.45) is 0 Å². The van der Waals surface area contributed by atoms with Crippen molar-refractivity contribution in [2.45, 2.75) is 11.8 Å². The van der Waals surface area contributed by atoms with Crippen LogP contribution < -0.4 is 4.74 Å². The molecule has 0 spiro atoms. The Kier molecular flexibility index (Phi) is 4.24. The summed E-state index contributed by atoms with van der Waals surface area (Å²) in [7, 11) is -2.08. The van der Waals surface area contributed by atoms with Crippen LogP contribution in [0.5, 0.6) is 5.75 Å². The summed E-state index contributed by atoms with van der Waals surface area (Å²) >= 11 is 0. The number of hydrogen-bond acceptors (Lipinski definition) is 3. The fourth-order valence-corrected chi connectivity index (χ4v) is 4.56. The van der Waals surface area contributed by atoms with Crippen molar-refractivity contribution in [3.63, 3.8) is 0 Å². The predicted octanol–water partition coefficient (Wildman–Crippen LogP) is 4.86. The van der Waals surface area contributed by atoms with Crippen LogP contribution in [0, 0.1) is 6.92 Å². The molecule has 4 nitrogen and oxygen atoms in total. The van der Waals surface area contributed by atoms with Gasteiger partial charge < -0.3 is 4.74 Å². The van der Waals surface area contributed by atoms with Gasteiger partial charge in [-0.15, -0.1) is 0 Å². The smallest absolute Gasteiger partial charge is 0.268 e. The fourth-order valence-electron chi connectivity index (χ4n) is 3.19. The highest BCUT2D eigenvalue weighted by Crippen LogP contribution is 2.34. The molecule has 0 atom stereocenters. The van der Waals surface area contributed by atoms with Crippen molar-refractivity contribution in [1.29, 1.82) is 0 Å². The molecule has 4 rings (SSSR count). The molecule has 3 aromatic carbocycles. The van der Waals surface area contributed by atoms with E-state index in [2.05, 4.69) is 0 Å². The van der Waals surface area contributed by atoms with Crippen LogP contribution in [0.3, 0.4) is 0 Å². The number of nitrogens with zero attached hydrogens (tertiary/aromatic N) is 1. The Morgan fingerprint density at radius 1 is 0.889 bits per heavy atom. The molecular weight excluding hydrogens is 358 g/mol. The number of para-hydroxylation sites is 1. The molecule has 5 heteroatoms. The van der Waals surface area contributed by atoms with Gasteiger partial charge in [-0.05, 0) is 42.8 Å². The average molecular weight is 377 g/mol. The van der Waals surface area contributed by atoms with Gasteiger partial charge in [-0.2, -0.15) is 0 Å². The van der Waals surface area contributed by atoms with Crippen molar-refractivity contribution >= 4 is 20.9 Å². The summed E-state index contributed by atoms with van der Waals surface area (Å²) in [5, 5.41) is 0.876. The van der Waals surface area contributed by atoms with Crippen LogP contribution >= 0.6 is 0 Å². The van der Waals surface area contributed by atoms with E-state index in [1.54, 1.807) is 25.4 Å². The largest absolute Gasteiger partial charge is 0.497 e. The molecule has 0 aliphatic carbocycles. The maximum atomic E-state index is 13.3. The molecule has 0 bridgehead atoms. The summed E-state index contributed by atoms with van der Waals surface area (Å²) in [5.41, 5.74) is 3.42. The predicted molar refractivity (Wildman–Crippen MR) is 108 cm³/mol. The lowest BCUT2D eigenvalue weighted by molar-refractivity contribution is 0.415. The number of rotatable bonds is 4. The van der Waals surface area contributed by atoms with Gasteiger partial charge in [0.25, 0.3) is 10.0 Å². The highest BCUT2D eigenvalue weighted by Gasteiger charge is 2.21. The Balaban J connectivity index is 1.96. The van der Waals surface area contributed by atoms with Gasteiger partial charge in [0.05, 0.1) is 17.5 Å². The average Bonchev–Trinajstić information content (AvgIpc) is 3.09. The number of hydrogen-bond donors (Lipinski definition) is 0. The van der Waals surface area contributed by atoms with Crippen molar-refractivity contribution < 1.29 is 13.2 Å². The summed E-state index contributed by atoms with van der Waals surface area (Å²) in [4.78, 5) is 0.269. The maximum Gasteiger partial charge on any atom is 0.268 e. The molecule has 0 fully saturated rings. The Hall–Kier alpha value is -3.05. The molecule has 0 saturated heterocycles. The van der Waals surface area contributed by atoms with Crippen molar-refractivity contribution in [2.75, 3.05) is 7.11 Å². The highest BCUT2D eigenvalue weighted by atomic mass is 32.2. The summed E-state index contributed by atoms with van der Waals surface area (Å²) < 4.78 is 33.2. The van der Waals surface area contributed by atoms with Crippen LogP contribution in [-0.2, 0) is 10.0 Å². The SMILES string of the molecule is COc1cccc(-c2cn(S(=O)(=O)c3ccc(C)cc3)c3ccccc23)c1. The monoisotopic (exact) mass is 377 g/mol. The second-order valence-corrected chi connectivity index (χ2v) is 8.22. The van der Waals surface area contributed by atoms with Gasteiger partial charge in [0.15, 0.2) is 0 Å². The van der Waals surface area contributed by atoms with E-state index in [9.17, 15) is 8.42 Å². The molecule has 136 valence electrons. The van der Waals surface area contributed by atoms with E-state index in [1.165, 1.54) is 3.97 Å². The first-order valence-corrected chi connectivity index (χ1v) is 10.0. The summed E-state index contributed by atoms with van der Waals surface area (Å²) in [6.45, 7) is 1.93. The minimum Gasteiger partial charge on any atom is -0.497 e.